The van der Waals surface area contributed by atoms with Gasteiger partial charge in [0.1, 0.15) is 6.10 Å². The number of amides is 1. The zero-order valence-corrected chi connectivity index (χ0v) is 31.9. The summed E-state index contributed by atoms with van der Waals surface area (Å²) in [5, 5.41) is 26.6. The number of aromatic nitrogens is 1. The summed E-state index contributed by atoms with van der Waals surface area (Å²) in [6, 6.07) is 12.4. The molecule has 2 aromatic carbocycles. The van der Waals surface area contributed by atoms with E-state index in [0.29, 0.717) is 49.1 Å². The summed E-state index contributed by atoms with van der Waals surface area (Å²) in [6.07, 6.45) is 7.50. The normalized spacial score (nSPS) is 19.2. The third kappa shape index (κ3) is 11.1. The molecule has 0 bridgehead atoms. The molecule has 0 saturated heterocycles. The first kappa shape index (κ1) is 41.0. The molecular weight excluding hydrogens is 660 g/mol. The number of nitrogens with one attached hydrogen (secondary N) is 1. The molecule has 0 radical (unpaired) electrons. The van der Waals surface area contributed by atoms with Crippen molar-refractivity contribution in [1.29, 1.82) is 0 Å². The molecule has 3 aromatic rings. The van der Waals surface area contributed by atoms with Crippen molar-refractivity contribution >= 4 is 22.8 Å². The number of fused-ring (bicyclic) bond motifs is 1. The van der Waals surface area contributed by atoms with Crippen molar-refractivity contribution in [3.05, 3.63) is 81.0 Å². The molecule has 1 amide bonds. The van der Waals surface area contributed by atoms with E-state index in [9.17, 15) is 24.8 Å². The Hall–Kier alpha value is -3.80. The van der Waals surface area contributed by atoms with Crippen molar-refractivity contribution in [3.63, 3.8) is 0 Å². The molecule has 286 valence electrons. The lowest BCUT2D eigenvalue weighted by Crippen LogP contribution is -2.46. The number of methoxy groups -OCH3 is 1. The lowest BCUT2D eigenvalue weighted by molar-refractivity contribution is -0.496. The zero-order chi connectivity index (χ0) is 37.9. The molecule has 52 heavy (non-hydrogen) atoms. The Morgan fingerprint density at radius 2 is 1.77 bits per heavy atom. The van der Waals surface area contributed by atoms with Gasteiger partial charge in [0, 0.05) is 66.4 Å². The summed E-state index contributed by atoms with van der Waals surface area (Å²) in [7, 11) is 3.81. The first-order chi connectivity index (χ1) is 24.8. The smallest absolute Gasteiger partial charge is 0.338 e. The molecule has 11 nitrogen and oxygen atoms in total. The summed E-state index contributed by atoms with van der Waals surface area (Å²) < 4.78 is 13.2. The van der Waals surface area contributed by atoms with Crippen LogP contribution in [0.4, 0.5) is 0 Å². The Balaban J connectivity index is 1.32. The van der Waals surface area contributed by atoms with Crippen LogP contribution in [-0.2, 0) is 34.3 Å². The Morgan fingerprint density at radius 3 is 2.38 bits per heavy atom. The van der Waals surface area contributed by atoms with Crippen molar-refractivity contribution in [3.8, 4) is 0 Å². The van der Waals surface area contributed by atoms with Gasteiger partial charge < -0.3 is 30.2 Å². The highest BCUT2D eigenvalue weighted by atomic mass is 16.6. The molecule has 0 aliphatic heterocycles. The minimum absolute atomic E-state index is 0.0123. The monoisotopic (exact) mass is 720 g/mol. The van der Waals surface area contributed by atoms with Crippen LogP contribution < -0.4 is 11.1 Å². The van der Waals surface area contributed by atoms with E-state index in [1.807, 2.05) is 13.8 Å². The average Bonchev–Trinajstić information content (AvgIpc) is 3.43. The van der Waals surface area contributed by atoms with Gasteiger partial charge in [-0.3, -0.25) is 14.9 Å². The van der Waals surface area contributed by atoms with Gasteiger partial charge in [0.2, 0.25) is 12.5 Å². The molecule has 5 atom stereocenters. The lowest BCUT2D eigenvalue weighted by atomic mass is 9.78. The molecule has 1 heterocycles. The van der Waals surface area contributed by atoms with Gasteiger partial charge >= 0.3 is 5.97 Å². The Bertz CT molecular complexity index is 1610. The number of aliphatic hydroxyl groups is 1. The number of nitrogens with zero attached hydrogens (tertiary/aromatic N) is 2. The van der Waals surface area contributed by atoms with Gasteiger partial charge in [-0.1, -0.05) is 52.3 Å². The van der Waals surface area contributed by atoms with Gasteiger partial charge in [-0.2, -0.15) is 0 Å². The van der Waals surface area contributed by atoms with E-state index in [2.05, 4.69) is 55.2 Å². The van der Waals surface area contributed by atoms with Crippen molar-refractivity contribution in [2.24, 2.45) is 30.5 Å². The predicted octanol–water partition coefficient (Wildman–Crippen LogP) is 6.69. The maximum Gasteiger partial charge on any atom is 0.338 e. The number of nitro groups is 1. The highest BCUT2D eigenvalue weighted by Crippen LogP contribution is 2.35. The minimum atomic E-state index is -0.835. The number of benzene rings is 2. The second-order valence-electron chi connectivity index (χ2n) is 15.3. The fourth-order valence-corrected chi connectivity index (χ4v) is 7.62. The number of carbonyl (C=O) groups excluding carboxylic acids is 2. The van der Waals surface area contributed by atoms with Crippen LogP contribution in [0.2, 0.25) is 0 Å². The number of carbonyl (C=O) groups is 2. The van der Waals surface area contributed by atoms with Crippen LogP contribution in [0, 0.1) is 27.9 Å². The standard InChI is InChI=1S/C41H60N4O7/c1-7-27(4)35(30-14-19-38-36(21-30)31(25-44(38)5)9-8-20-51-6)22-37(42)39(46)23-34(26(2)3)40(47)43-32-15-17-33(18-16-32)52-41(48)29-12-10-28(11-13-29)24-45(49)50/h10-14,19,21,25-27,32-35,37,39,46H,7-9,15-18,20,22-24,42H2,1-6H3,(H,43,47)/t27?,32?,33?,34-,35-,37-,39-/m0/s1. The zero-order valence-electron chi connectivity index (χ0n) is 31.9. The number of aliphatic hydroxyl groups excluding tert-OH is 1. The van der Waals surface area contributed by atoms with Gasteiger partial charge in [-0.15, -0.1) is 0 Å². The molecule has 11 heteroatoms. The van der Waals surface area contributed by atoms with E-state index < -0.39 is 29.0 Å². The van der Waals surface area contributed by atoms with E-state index in [1.165, 1.54) is 22.0 Å². The fraction of sp³-hybridized carbons (Fsp3) is 0.610. The van der Waals surface area contributed by atoms with Crippen LogP contribution in [0.5, 0.6) is 0 Å². The average molecular weight is 721 g/mol. The number of hydrogen-bond acceptors (Lipinski definition) is 8. The predicted molar refractivity (Wildman–Crippen MR) is 204 cm³/mol. The molecule has 0 spiro atoms. The summed E-state index contributed by atoms with van der Waals surface area (Å²) in [5.74, 6) is -0.397. The van der Waals surface area contributed by atoms with E-state index in [0.717, 1.165) is 25.9 Å². The molecular formula is C41H60N4O7. The van der Waals surface area contributed by atoms with E-state index in [-0.39, 0.29) is 42.9 Å². The third-order valence-electron chi connectivity index (χ3n) is 11.1. The van der Waals surface area contributed by atoms with Crippen molar-refractivity contribution in [2.75, 3.05) is 13.7 Å². The van der Waals surface area contributed by atoms with Crippen LogP contribution in [0.1, 0.15) is 112 Å². The van der Waals surface area contributed by atoms with Gasteiger partial charge in [-0.25, -0.2) is 4.79 Å². The SMILES string of the molecule is CCC(C)[C@H](C[C@H](N)[C@@H](O)C[C@H](C(=O)NC1CCC(OC(=O)c2ccc(C[N+](=O)[O-])cc2)CC1)C(C)C)c1ccc2c(c1)c(CCCOC)cn2C. The number of ether oxygens (including phenoxy) is 2. The fourth-order valence-electron chi connectivity index (χ4n) is 7.62. The van der Waals surface area contributed by atoms with Gasteiger partial charge in [0.15, 0.2) is 0 Å². The summed E-state index contributed by atoms with van der Waals surface area (Å²) in [6.45, 7) is 8.87. The van der Waals surface area contributed by atoms with Gasteiger partial charge in [-0.05, 0) is 105 Å². The second kappa shape index (κ2) is 19.3. The molecule has 1 aliphatic carbocycles. The molecule has 4 N–H and O–H groups in total. The van der Waals surface area contributed by atoms with Crippen molar-refractivity contribution in [2.45, 2.75) is 122 Å². The third-order valence-corrected chi connectivity index (χ3v) is 11.1. The molecule has 1 saturated carbocycles. The quantitative estimate of drug-likeness (QED) is 0.0535. The largest absolute Gasteiger partial charge is 0.459 e. The molecule has 4 rings (SSSR count). The number of hydrogen-bond donors (Lipinski definition) is 3. The topological polar surface area (TPSA) is 159 Å². The van der Waals surface area contributed by atoms with Crippen molar-refractivity contribution in [1.82, 2.24) is 9.88 Å². The first-order valence-electron chi connectivity index (χ1n) is 19.0. The number of rotatable bonds is 19. The summed E-state index contributed by atoms with van der Waals surface area (Å²) in [5.41, 5.74) is 11.4. The number of nitrogens with two attached hydrogens (primary N) is 1. The molecule has 1 aliphatic rings. The molecule has 1 fully saturated rings. The van der Waals surface area contributed by atoms with E-state index in [4.69, 9.17) is 15.2 Å². The Kier molecular flexibility index (Phi) is 15.2. The first-order valence-corrected chi connectivity index (χ1v) is 19.0. The second-order valence-corrected chi connectivity index (χ2v) is 15.3. The van der Waals surface area contributed by atoms with E-state index >= 15 is 0 Å². The molecule has 1 aromatic heterocycles. The lowest BCUT2D eigenvalue weighted by Gasteiger charge is -2.33. The number of aryl methyl sites for hydroxylation is 2. The highest BCUT2D eigenvalue weighted by molar-refractivity contribution is 5.89. The van der Waals surface area contributed by atoms with Gasteiger partial charge in [0.25, 0.3) is 0 Å². The van der Waals surface area contributed by atoms with Crippen molar-refractivity contribution < 1.29 is 29.1 Å². The maximum absolute atomic E-state index is 13.6. The van der Waals surface area contributed by atoms with Crippen LogP contribution in [-0.4, -0.2) is 64.5 Å². The van der Waals surface area contributed by atoms with Gasteiger partial charge in [0.05, 0.1) is 11.7 Å². The number of esters is 1. The summed E-state index contributed by atoms with van der Waals surface area (Å²) >= 11 is 0. The Morgan fingerprint density at radius 1 is 1.08 bits per heavy atom. The van der Waals surface area contributed by atoms with E-state index in [1.54, 1.807) is 31.4 Å². The van der Waals surface area contributed by atoms with Crippen LogP contribution in [0.25, 0.3) is 10.9 Å². The van der Waals surface area contributed by atoms with Crippen LogP contribution >= 0.6 is 0 Å². The summed E-state index contributed by atoms with van der Waals surface area (Å²) in [4.78, 5) is 36.6. The highest BCUT2D eigenvalue weighted by Gasteiger charge is 2.33. The van der Waals surface area contributed by atoms with Crippen LogP contribution in [0.15, 0.2) is 48.7 Å². The minimum Gasteiger partial charge on any atom is -0.459 e. The maximum atomic E-state index is 13.6. The molecule has 1 unspecified atom stereocenters. The van der Waals surface area contributed by atoms with Crippen LogP contribution in [0.3, 0.4) is 0 Å². The Labute approximate surface area is 308 Å².